The van der Waals surface area contributed by atoms with Gasteiger partial charge in [-0.05, 0) is 30.2 Å². The van der Waals surface area contributed by atoms with Crippen LogP contribution in [0.4, 0.5) is 5.69 Å². The highest BCUT2D eigenvalue weighted by Gasteiger charge is 2.49. The molecule has 0 aromatic heterocycles. The number of aryl methyl sites for hydroxylation is 1. The van der Waals surface area contributed by atoms with Crippen LogP contribution in [-0.4, -0.2) is 23.8 Å². The molecule has 1 aliphatic rings. The number of halogens is 1. The first kappa shape index (κ1) is 16.9. The molecule has 3 rings (SSSR count). The minimum Gasteiger partial charge on any atom is -0.375 e. The van der Waals surface area contributed by atoms with Gasteiger partial charge in [0.1, 0.15) is 0 Å². The summed E-state index contributed by atoms with van der Waals surface area (Å²) in [7, 11) is 1.60. The maximum atomic E-state index is 12.6. The summed E-state index contributed by atoms with van der Waals surface area (Å²) in [5.41, 5.74) is 0.896. The van der Waals surface area contributed by atoms with E-state index in [9.17, 15) is 14.7 Å². The molecule has 1 amide bonds. The van der Waals surface area contributed by atoms with E-state index >= 15 is 0 Å². The number of amides is 1. The Labute approximate surface area is 149 Å². The van der Waals surface area contributed by atoms with Crippen LogP contribution >= 0.6 is 15.9 Å². The summed E-state index contributed by atoms with van der Waals surface area (Å²) < 4.78 is 0.752. The molecule has 1 atom stereocenters. The molecule has 2 aromatic carbocycles. The van der Waals surface area contributed by atoms with Crippen molar-refractivity contribution in [3.05, 3.63) is 63.6 Å². The topological polar surface area (TPSA) is 57.6 Å². The molecular formula is C19H18BrNO3. The van der Waals surface area contributed by atoms with Crippen molar-refractivity contribution in [3.63, 3.8) is 0 Å². The molecule has 1 N–H and O–H groups in total. The monoisotopic (exact) mass is 387 g/mol. The molecule has 1 heterocycles. The number of carbonyl (C=O) groups excluding carboxylic acids is 2. The van der Waals surface area contributed by atoms with Gasteiger partial charge in [0.25, 0.3) is 5.91 Å². The molecule has 2 aromatic rings. The quantitative estimate of drug-likeness (QED) is 0.817. The van der Waals surface area contributed by atoms with E-state index in [1.165, 1.54) is 4.90 Å². The van der Waals surface area contributed by atoms with Gasteiger partial charge in [-0.1, -0.05) is 47.1 Å². The molecule has 0 bridgehead atoms. The lowest BCUT2D eigenvalue weighted by Crippen LogP contribution is -2.40. The normalized spacial score (nSPS) is 19.5. The molecule has 0 unspecified atom stereocenters. The number of benzene rings is 2. The van der Waals surface area contributed by atoms with Gasteiger partial charge in [0.15, 0.2) is 11.4 Å². The summed E-state index contributed by atoms with van der Waals surface area (Å²) in [5.74, 6) is -0.733. The van der Waals surface area contributed by atoms with Crippen molar-refractivity contribution in [2.75, 3.05) is 11.9 Å². The summed E-state index contributed by atoms with van der Waals surface area (Å²) in [6.45, 7) is 2.04. The number of likely N-dealkylation sites (N-methyl/N-ethyl adjacent to an activating group) is 1. The fraction of sp³-hybridized carbons (Fsp3) is 0.263. The smallest absolute Gasteiger partial charge is 0.263 e. The molecule has 1 aliphatic heterocycles. The second-order valence-corrected chi connectivity index (χ2v) is 6.95. The van der Waals surface area contributed by atoms with Crippen molar-refractivity contribution in [2.45, 2.75) is 25.4 Å². The van der Waals surface area contributed by atoms with Crippen LogP contribution in [0.2, 0.25) is 0 Å². The maximum Gasteiger partial charge on any atom is 0.263 e. The van der Waals surface area contributed by atoms with Gasteiger partial charge >= 0.3 is 0 Å². The average molecular weight is 388 g/mol. The highest BCUT2D eigenvalue weighted by molar-refractivity contribution is 9.10. The Morgan fingerprint density at radius 3 is 2.50 bits per heavy atom. The van der Waals surface area contributed by atoms with Crippen LogP contribution in [-0.2, 0) is 16.8 Å². The Hall–Kier alpha value is -1.98. The zero-order chi connectivity index (χ0) is 17.5. The summed E-state index contributed by atoms with van der Waals surface area (Å²) in [4.78, 5) is 26.6. The number of hydrogen-bond acceptors (Lipinski definition) is 3. The van der Waals surface area contributed by atoms with Crippen molar-refractivity contribution in [1.29, 1.82) is 0 Å². The molecule has 4 nitrogen and oxygen atoms in total. The number of carbonyl (C=O) groups is 2. The SMILES string of the molecule is CCc1ccc(C(=O)C[C@@]2(O)C(=O)N(C)c3ccc(Br)cc32)cc1. The molecule has 0 saturated heterocycles. The Kier molecular flexibility index (Phi) is 4.32. The Balaban J connectivity index is 1.95. The van der Waals surface area contributed by atoms with E-state index in [4.69, 9.17) is 0 Å². The largest absolute Gasteiger partial charge is 0.375 e. The van der Waals surface area contributed by atoms with E-state index in [0.717, 1.165) is 16.5 Å². The lowest BCUT2D eigenvalue weighted by atomic mass is 9.88. The number of aliphatic hydroxyl groups is 1. The summed E-state index contributed by atoms with van der Waals surface area (Å²) in [6, 6.07) is 12.5. The zero-order valence-electron chi connectivity index (χ0n) is 13.5. The lowest BCUT2D eigenvalue weighted by molar-refractivity contribution is -0.135. The molecule has 0 radical (unpaired) electrons. The van der Waals surface area contributed by atoms with Crippen LogP contribution in [0.5, 0.6) is 0 Å². The van der Waals surface area contributed by atoms with Gasteiger partial charge in [0.2, 0.25) is 0 Å². The van der Waals surface area contributed by atoms with E-state index in [2.05, 4.69) is 15.9 Å². The van der Waals surface area contributed by atoms with Gasteiger partial charge in [-0.3, -0.25) is 9.59 Å². The number of fused-ring (bicyclic) bond motifs is 1. The van der Waals surface area contributed by atoms with E-state index in [-0.39, 0.29) is 12.2 Å². The zero-order valence-corrected chi connectivity index (χ0v) is 15.1. The lowest BCUT2D eigenvalue weighted by Gasteiger charge is -2.21. The second kappa shape index (κ2) is 6.15. The van der Waals surface area contributed by atoms with Gasteiger partial charge in [0, 0.05) is 22.6 Å². The number of rotatable bonds is 4. The van der Waals surface area contributed by atoms with Gasteiger partial charge in [-0.2, -0.15) is 0 Å². The van der Waals surface area contributed by atoms with Crippen LogP contribution in [0.1, 0.15) is 34.8 Å². The van der Waals surface area contributed by atoms with Crippen LogP contribution in [0, 0.1) is 0 Å². The third-order valence-corrected chi connectivity index (χ3v) is 5.02. The molecule has 0 aliphatic carbocycles. The Morgan fingerprint density at radius 1 is 1.21 bits per heavy atom. The van der Waals surface area contributed by atoms with Crippen LogP contribution in [0.3, 0.4) is 0 Å². The minimum absolute atomic E-state index is 0.255. The standard InChI is InChI=1S/C19H18BrNO3/c1-3-12-4-6-13(7-5-12)17(22)11-19(24)15-10-14(20)8-9-16(15)21(2)18(19)23/h4-10,24H,3,11H2,1-2H3/t19-/m0/s1. The molecule has 0 spiro atoms. The van der Waals surface area contributed by atoms with Gasteiger partial charge in [-0.25, -0.2) is 0 Å². The summed E-state index contributed by atoms with van der Waals surface area (Å²) >= 11 is 3.36. The number of nitrogens with zero attached hydrogens (tertiary/aromatic N) is 1. The molecular weight excluding hydrogens is 370 g/mol. The Bertz CT molecular complexity index is 816. The molecule has 5 heteroatoms. The maximum absolute atomic E-state index is 12.6. The first-order chi connectivity index (χ1) is 11.4. The Morgan fingerprint density at radius 2 is 1.88 bits per heavy atom. The summed E-state index contributed by atoms with van der Waals surface area (Å²) in [5, 5.41) is 11.0. The summed E-state index contributed by atoms with van der Waals surface area (Å²) in [6.07, 6.45) is 0.619. The number of hydrogen-bond donors (Lipinski definition) is 1. The fourth-order valence-electron chi connectivity index (χ4n) is 3.07. The third-order valence-electron chi connectivity index (χ3n) is 4.52. The van der Waals surface area contributed by atoms with Crippen LogP contribution < -0.4 is 4.90 Å². The second-order valence-electron chi connectivity index (χ2n) is 6.04. The third kappa shape index (κ3) is 2.68. The van der Waals surface area contributed by atoms with Crippen molar-refractivity contribution in [1.82, 2.24) is 0 Å². The van der Waals surface area contributed by atoms with Gasteiger partial charge in [0.05, 0.1) is 12.1 Å². The molecule has 0 saturated carbocycles. The van der Waals surface area contributed by atoms with Crippen LogP contribution in [0.15, 0.2) is 46.9 Å². The predicted molar refractivity (Wildman–Crippen MR) is 96.2 cm³/mol. The van der Waals surface area contributed by atoms with E-state index in [1.54, 1.807) is 37.4 Å². The number of anilines is 1. The first-order valence-corrected chi connectivity index (χ1v) is 8.59. The van der Waals surface area contributed by atoms with Crippen molar-refractivity contribution >= 4 is 33.3 Å². The molecule has 0 fully saturated rings. The van der Waals surface area contributed by atoms with Crippen molar-refractivity contribution in [3.8, 4) is 0 Å². The molecule has 124 valence electrons. The number of ketones is 1. The predicted octanol–water partition coefficient (Wildman–Crippen LogP) is 3.45. The highest BCUT2D eigenvalue weighted by atomic mass is 79.9. The van der Waals surface area contributed by atoms with Gasteiger partial charge < -0.3 is 10.0 Å². The van der Waals surface area contributed by atoms with E-state index in [1.807, 2.05) is 19.1 Å². The molecule has 24 heavy (non-hydrogen) atoms. The van der Waals surface area contributed by atoms with Gasteiger partial charge in [-0.15, -0.1) is 0 Å². The van der Waals surface area contributed by atoms with E-state index in [0.29, 0.717) is 16.8 Å². The minimum atomic E-state index is -1.83. The van der Waals surface area contributed by atoms with E-state index < -0.39 is 11.5 Å². The number of Topliss-reactive ketones (excluding diaryl/α,β-unsaturated/α-hetero) is 1. The van der Waals surface area contributed by atoms with Crippen LogP contribution in [0.25, 0.3) is 0 Å². The van der Waals surface area contributed by atoms with Crippen molar-refractivity contribution in [2.24, 2.45) is 0 Å². The van der Waals surface area contributed by atoms with Crippen molar-refractivity contribution < 1.29 is 14.7 Å². The fourth-order valence-corrected chi connectivity index (χ4v) is 3.43. The highest BCUT2D eigenvalue weighted by Crippen LogP contribution is 2.43. The average Bonchev–Trinajstić information content (AvgIpc) is 2.76. The first-order valence-electron chi connectivity index (χ1n) is 7.79.